The van der Waals surface area contributed by atoms with E-state index in [2.05, 4.69) is 21.7 Å². The first-order chi connectivity index (χ1) is 5.84. The highest BCUT2D eigenvalue weighted by atomic mass is 15.3. The van der Waals surface area contributed by atoms with Crippen molar-refractivity contribution in [3.8, 4) is 11.8 Å². The van der Waals surface area contributed by atoms with Crippen LogP contribution in [0.5, 0.6) is 0 Å². The number of guanidine groups is 1. The summed E-state index contributed by atoms with van der Waals surface area (Å²) in [4.78, 5) is 6.25. The van der Waals surface area contributed by atoms with Gasteiger partial charge in [-0.2, -0.15) is 0 Å². The van der Waals surface area contributed by atoms with E-state index >= 15 is 0 Å². The lowest BCUT2D eigenvalue weighted by Crippen LogP contribution is -2.34. The van der Waals surface area contributed by atoms with E-state index in [0.717, 1.165) is 13.1 Å². The Hall–Kier alpha value is -1.17. The smallest absolute Gasteiger partial charge is 0.192 e. The monoisotopic (exact) mass is 165 g/mol. The highest BCUT2D eigenvalue weighted by molar-refractivity contribution is 5.78. The maximum Gasteiger partial charge on any atom is 0.192 e. The van der Waals surface area contributed by atoms with Gasteiger partial charge in [-0.15, -0.1) is 5.92 Å². The zero-order valence-corrected chi connectivity index (χ0v) is 7.51. The lowest BCUT2D eigenvalue weighted by molar-refractivity contribution is 0.511. The second kappa shape index (κ2) is 4.66. The molecule has 1 rings (SSSR count). The van der Waals surface area contributed by atoms with Crippen molar-refractivity contribution < 1.29 is 0 Å². The third kappa shape index (κ3) is 2.46. The van der Waals surface area contributed by atoms with Crippen LogP contribution in [0.2, 0.25) is 0 Å². The first-order valence-corrected chi connectivity index (χ1v) is 4.29. The molecule has 0 spiro atoms. The summed E-state index contributed by atoms with van der Waals surface area (Å²) >= 11 is 0. The molecule has 0 aromatic rings. The summed E-state index contributed by atoms with van der Waals surface area (Å²) in [5, 5.41) is 0. The molecule has 3 nitrogen and oxygen atoms in total. The molecule has 1 heterocycles. The third-order valence-electron chi connectivity index (χ3n) is 1.93. The van der Waals surface area contributed by atoms with Crippen molar-refractivity contribution >= 4 is 5.96 Å². The Kier molecular flexibility index (Phi) is 3.46. The number of rotatable bonds is 1. The summed E-state index contributed by atoms with van der Waals surface area (Å²) in [7, 11) is 0. The molecule has 0 saturated carbocycles. The van der Waals surface area contributed by atoms with Gasteiger partial charge in [-0.1, -0.05) is 5.92 Å². The summed E-state index contributed by atoms with van der Waals surface area (Å²) < 4.78 is 0. The number of hydrogen-bond donors (Lipinski definition) is 1. The van der Waals surface area contributed by atoms with Crippen LogP contribution in [-0.4, -0.2) is 30.5 Å². The van der Waals surface area contributed by atoms with Crippen LogP contribution in [0.25, 0.3) is 0 Å². The molecule has 0 aliphatic carbocycles. The Morgan fingerprint density at radius 1 is 1.50 bits per heavy atom. The molecule has 1 fully saturated rings. The number of nitrogens with zero attached hydrogens (tertiary/aromatic N) is 2. The van der Waals surface area contributed by atoms with E-state index in [9.17, 15) is 0 Å². The van der Waals surface area contributed by atoms with Crippen molar-refractivity contribution in [2.24, 2.45) is 10.7 Å². The summed E-state index contributed by atoms with van der Waals surface area (Å²) in [6.07, 6.45) is 2.46. The van der Waals surface area contributed by atoms with E-state index in [1.165, 1.54) is 12.8 Å². The zero-order chi connectivity index (χ0) is 8.81. The Morgan fingerprint density at radius 2 is 2.17 bits per heavy atom. The molecule has 0 amide bonds. The van der Waals surface area contributed by atoms with Crippen molar-refractivity contribution in [2.45, 2.75) is 19.8 Å². The van der Waals surface area contributed by atoms with Crippen molar-refractivity contribution in [2.75, 3.05) is 19.6 Å². The number of likely N-dealkylation sites (tertiary alicyclic amines) is 1. The van der Waals surface area contributed by atoms with E-state index in [4.69, 9.17) is 5.73 Å². The van der Waals surface area contributed by atoms with Crippen LogP contribution in [0.3, 0.4) is 0 Å². The van der Waals surface area contributed by atoms with Crippen LogP contribution in [0, 0.1) is 11.8 Å². The van der Waals surface area contributed by atoms with Gasteiger partial charge in [0.05, 0.1) is 0 Å². The molecular formula is C9H15N3. The van der Waals surface area contributed by atoms with Gasteiger partial charge >= 0.3 is 0 Å². The molecule has 0 unspecified atom stereocenters. The minimum atomic E-state index is 0.527. The molecule has 66 valence electrons. The van der Waals surface area contributed by atoms with E-state index in [0.29, 0.717) is 12.5 Å². The summed E-state index contributed by atoms with van der Waals surface area (Å²) in [5.41, 5.74) is 5.73. The number of hydrogen-bond acceptors (Lipinski definition) is 1. The maximum absolute atomic E-state index is 5.73. The maximum atomic E-state index is 5.73. The van der Waals surface area contributed by atoms with Crippen LogP contribution in [0.15, 0.2) is 4.99 Å². The van der Waals surface area contributed by atoms with Crippen LogP contribution >= 0.6 is 0 Å². The molecule has 0 bridgehead atoms. The Morgan fingerprint density at radius 3 is 2.75 bits per heavy atom. The van der Waals surface area contributed by atoms with Gasteiger partial charge in [0, 0.05) is 13.1 Å². The fourth-order valence-corrected chi connectivity index (χ4v) is 1.25. The fraction of sp³-hybridized carbons (Fsp3) is 0.667. The van der Waals surface area contributed by atoms with Gasteiger partial charge in [-0.05, 0) is 19.8 Å². The minimum absolute atomic E-state index is 0.527. The standard InChI is InChI=1S/C9H15N3/c1-2-3-6-11-9(10)12-7-4-5-8-12/h4-8H2,1H3,(H2,10,11). The van der Waals surface area contributed by atoms with E-state index < -0.39 is 0 Å². The Labute approximate surface area is 73.6 Å². The van der Waals surface area contributed by atoms with Gasteiger partial charge in [0.25, 0.3) is 0 Å². The predicted molar refractivity (Wildman–Crippen MR) is 50.7 cm³/mol. The summed E-state index contributed by atoms with van der Waals surface area (Å²) in [5.74, 6) is 6.29. The molecular weight excluding hydrogens is 150 g/mol. The van der Waals surface area contributed by atoms with Gasteiger partial charge in [0.1, 0.15) is 6.54 Å². The van der Waals surface area contributed by atoms with Crippen molar-refractivity contribution in [1.29, 1.82) is 0 Å². The fourth-order valence-electron chi connectivity index (χ4n) is 1.25. The molecule has 3 heteroatoms. The Balaban J connectivity index is 2.37. The molecule has 0 radical (unpaired) electrons. The number of nitrogens with two attached hydrogens (primary N) is 1. The normalized spacial score (nSPS) is 17.4. The second-order valence-electron chi connectivity index (χ2n) is 2.80. The predicted octanol–water partition coefficient (Wildman–Crippen LogP) is 0.420. The average molecular weight is 165 g/mol. The first-order valence-electron chi connectivity index (χ1n) is 4.29. The van der Waals surface area contributed by atoms with Crippen molar-refractivity contribution in [3.63, 3.8) is 0 Å². The van der Waals surface area contributed by atoms with Crippen LogP contribution in [-0.2, 0) is 0 Å². The third-order valence-corrected chi connectivity index (χ3v) is 1.93. The van der Waals surface area contributed by atoms with Crippen molar-refractivity contribution in [3.05, 3.63) is 0 Å². The van der Waals surface area contributed by atoms with Gasteiger partial charge < -0.3 is 10.6 Å². The van der Waals surface area contributed by atoms with Gasteiger partial charge in [-0.25, -0.2) is 4.99 Å². The van der Waals surface area contributed by atoms with Gasteiger partial charge in [0.2, 0.25) is 0 Å². The molecule has 1 aliphatic heterocycles. The van der Waals surface area contributed by atoms with E-state index in [-0.39, 0.29) is 0 Å². The minimum Gasteiger partial charge on any atom is -0.370 e. The summed E-state index contributed by atoms with van der Waals surface area (Å²) in [6.45, 7) is 4.43. The molecule has 0 aromatic carbocycles. The molecule has 2 N–H and O–H groups in total. The second-order valence-corrected chi connectivity index (χ2v) is 2.80. The van der Waals surface area contributed by atoms with E-state index in [1.54, 1.807) is 0 Å². The Bertz CT molecular complexity index is 216. The van der Waals surface area contributed by atoms with Gasteiger partial charge in [-0.3, -0.25) is 0 Å². The number of aliphatic imine (C=N–C) groups is 1. The first kappa shape index (κ1) is 8.92. The highest BCUT2D eigenvalue weighted by Crippen LogP contribution is 2.05. The topological polar surface area (TPSA) is 41.6 Å². The van der Waals surface area contributed by atoms with Gasteiger partial charge in [0.15, 0.2) is 5.96 Å². The lowest BCUT2D eigenvalue weighted by Gasteiger charge is -2.14. The van der Waals surface area contributed by atoms with Crippen molar-refractivity contribution in [1.82, 2.24) is 4.90 Å². The van der Waals surface area contributed by atoms with Crippen LogP contribution in [0.1, 0.15) is 19.8 Å². The summed E-state index contributed by atoms with van der Waals surface area (Å²) in [6, 6.07) is 0. The molecule has 0 atom stereocenters. The average Bonchev–Trinajstić information content (AvgIpc) is 2.56. The SMILES string of the molecule is CC#CCN=C(N)N1CCCC1. The lowest BCUT2D eigenvalue weighted by atomic mass is 10.4. The van der Waals surface area contributed by atoms with E-state index in [1.807, 2.05) is 6.92 Å². The molecule has 0 aromatic heterocycles. The molecule has 1 aliphatic rings. The quantitative estimate of drug-likeness (QED) is 0.347. The zero-order valence-electron chi connectivity index (χ0n) is 7.51. The highest BCUT2D eigenvalue weighted by Gasteiger charge is 2.12. The molecule has 1 saturated heterocycles. The largest absolute Gasteiger partial charge is 0.370 e. The van der Waals surface area contributed by atoms with Crippen LogP contribution in [0.4, 0.5) is 0 Å². The molecule has 12 heavy (non-hydrogen) atoms. The van der Waals surface area contributed by atoms with Crippen LogP contribution < -0.4 is 5.73 Å².